The predicted octanol–water partition coefficient (Wildman–Crippen LogP) is 0.0135. The molecule has 22 nitrogen and oxygen atoms in total. The molecule has 0 aromatic carbocycles. The average Bonchev–Trinajstić information content (AvgIpc) is 3.33. The van der Waals surface area contributed by atoms with E-state index < -0.39 is 171 Å². The lowest BCUT2D eigenvalue weighted by atomic mass is 9.82. The maximum absolute atomic E-state index is 13.1. The minimum atomic E-state index is -2.34. The largest absolute Gasteiger partial charge is 0.462 e. The molecule has 22 heteroatoms. The quantitative estimate of drug-likeness (QED) is 0.0980. The van der Waals surface area contributed by atoms with Crippen LogP contribution in [0.3, 0.4) is 0 Å². The number of ether oxygens (including phenoxy) is 6. The van der Waals surface area contributed by atoms with Gasteiger partial charge in [0.25, 0.3) is 5.91 Å². The summed E-state index contributed by atoms with van der Waals surface area (Å²) in [7, 11) is 0. The van der Waals surface area contributed by atoms with Gasteiger partial charge >= 0.3 is 5.97 Å². The first-order valence-electron chi connectivity index (χ1n) is 25.8. The fourth-order valence-electron chi connectivity index (χ4n) is 9.58. The summed E-state index contributed by atoms with van der Waals surface area (Å²) in [5.74, 6) is -6.40. The standard InChI is InChI=1S/C53H84N2O20/c1-29-18-16-14-12-10-8-6-7-9-11-13-15-17-19-37(73-52-49(66)46(54)48(65)33(5)72-52)25-42-45(51(67)55-69)41(62)28-53(68,75-42)27-36(58)23-39(60)38(59)21-20-34(56)22-35(57)24-43(63)70-31(3)30(2)50(29)74-44-26-40(61)47(64)32(4)71-44/h6-19,29-42,44-50,52,56-62,64-66,68-69H,20-28,54H2,1-5H3,(H,55,67)/b7-6+,10-8+,11-9+,14-12+,15-13+,18-16+,19-17+/t29-,30-,31-,32-,33+,34+,35+,36-,37-,38+,39+,40+,41-,42-,44?,45+,46-,47-,48+,49-,50+,52-,53+/m0/s1. The molecule has 15 N–H and O–H groups in total. The minimum Gasteiger partial charge on any atom is -0.462 e. The molecule has 1 amide bonds. The number of rotatable bonds is 5. The Morgan fingerprint density at radius 3 is 1.81 bits per heavy atom. The molecular formula is C53H84N2O20. The Kier molecular flexibility index (Phi) is 26.5. The highest BCUT2D eigenvalue weighted by molar-refractivity contribution is 5.78. The first kappa shape index (κ1) is 63.9. The number of carbonyl (C=O) groups excluding carboxylic acids is 2. The van der Waals surface area contributed by atoms with E-state index in [4.69, 9.17) is 34.2 Å². The van der Waals surface area contributed by atoms with Crippen molar-refractivity contribution in [3.8, 4) is 0 Å². The van der Waals surface area contributed by atoms with Crippen molar-refractivity contribution in [3.63, 3.8) is 0 Å². The number of amides is 1. The number of fused-ring (bicyclic) bond motifs is 2. The van der Waals surface area contributed by atoms with Crippen molar-refractivity contribution in [3.05, 3.63) is 85.1 Å². The summed E-state index contributed by atoms with van der Waals surface area (Å²) < 4.78 is 35.8. The molecule has 4 aliphatic heterocycles. The van der Waals surface area contributed by atoms with Gasteiger partial charge in [-0.05, 0) is 40.0 Å². The van der Waals surface area contributed by atoms with Crippen LogP contribution in [0.4, 0.5) is 0 Å². The van der Waals surface area contributed by atoms with Crippen LogP contribution in [0.5, 0.6) is 0 Å². The number of nitrogens with one attached hydrogen (secondary N) is 1. The number of carbonyl (C=O) groups is 2. The van der Waals surface area contributed by atoms with E-state index in [0.29, 0.717) is 0 Å². The van der Waals surface area contributed by atoms with Gasteiger partial charge < -0.3 is 90.3 Å². The highest BCUT2D eigenvalue weighted by Gasteiger charge is 2.51. The van der Waals surface area contributed by atoms with Gasteiger partial charge in [0.2, 0.25) is 0 Å². The highest BCUT2D eigenvalue weighted by atomic mass is 16.7. The number of cyclic esters (lactones) is 1. The fraction of sp³-hybridized carbons (Fsp3) is 0.698. The normalized spacial score (nSPS) is 46.2. The van der Waals surface area contributed by atoms with Gasteiger partial charge in [0.05, 0.1) is 97.7 Å². The summed E-state index contributed by atoms with van der Waals surface area (Å²) in [4.78, 5) is 26.1. The van der Waals surface area contributed by atoms with Crippen LogP contribution in [0.2, 0.25) is 0 Å². The molecule has 0 aliphatic carbocycles. The van der Waals surface area contributed by atoms with E-state index in [1.165, 1.54) is 18.5 Å². The number of aliphatic hydroxyl groups is 11. The Balaban J connectivity index is 1.58. The molecule has 0 aromatic heterocycles. The maximum atomic E-state index is 13.1. The number of hydrogen-bond donors (Lipinski definition) is 14. The lowest BCUT2D eigenvalue weighted by molar-refractivity contribution is -0.307. The van der Waals surface area contributed by atoms with Crippen LogP contribution in [0, 0.1) is 17.8 Å². The van der Waals surface area contributed by atoms with E-state index in [1.54, 1.807) is 62.5 Å². The number of nitrogens with two attached hydrogens (primary N) is 1. The molecular weight excluding hydrogens is 985 g/mol. The molecule has 3 fully saturated rings. The molecule has 3 saturated heterocycles. The van der Waals surface area contributed by atoms with E-state index in [0.717, 1.165) is 0 Å². The third kappa shape index (κ3) is 20.3. The number of aliphatic hydroxyl groups excluding tert-OH is 10. The monoisotopic (exact) mass is 1070 g/mol. The molecule has 4 heterocycles. The zero-order chi connectivity index (χ0) is 55.6. The number of hydroxylamine groups is 1. The van der Waals surface area contributed by atoms with Crippen LogP contribution in [0.15, 0.2) is 85.1 Å². The van der Waals surface area contributed by atoms with Crippen LogP contribution < -0.4 is 11.2 Å². The molecule has 4 rings (SSSR count). The Morgan fingerprint density at radius 2 is 1.21 bits per heavy atom. The molecule has 1 unspecified atom stereocenters. The van der Waals surface area contributed by atoms with Crippen molar-refractivity contribution in [2.45, 2.75) is 214 Å². The molecule has 0 radical (unpaired) electrons. The summed E-state index contributed by atoms with van der Waals surface area (Å²) in [6, 6.07) is -1.16. The van der Waals surface area contributed by atoms with Crippen molar-refractivity contribution in [2.75, 3.05) is 0 Å². The predicted molar refractivity (Wildman–Crippen MR) is 269 cm³/mol. The fourth-order valence-corrected chi connectivity index (χ4v) is 9.58. The zero-order valence-electron chi connectivity index (χ0n) is 43.4. The van der Waals surface area contributed by atoms with Crippen LogP contribution in [0.25, 0.3) is 0 Å². The van der Waals surface area contributed by atoms with Gasteiger partial charge in [0, 0.05) is 43.9 Å². The van der Waals surface area contributed by atoms with Crippen molar-refractivity contribution >= 4 is 11.9 Å². The summed E-state index contributed by atoms with van der Waals surface area (Å²) in [6.07, 6.45) is -0.355. The zero-order valence-corrected chi connectivity index (χ0v) is 43.4. The van der Waals surface area contributed by atoms with Crippen LogP contribution in [0.1, 0.15) is 92.4 Å². The number of allylic oxidation sites excluding steroid dienone is 12. The summed E-state index contributed by atoms with van der Waals surface area (Å²) in [6.45, 7) is 8.56. The van der Waals surface area contributed by atoms with Gasteiger partial charge in [-0.25, -0.2) is 5.48 Å². The van der Waals surface area contributed by atoms with Crippen molar-refractivity contribution in [2.24, 2.45) is 23.5 Å². The van der Waals surface area contributed by atoms with Gasteiger partial charge in [-0.2, -0.15) is 0 Å². The molecule has 75 heavy (non-hydrogen) atoms. The summed E-state index contributed by atoms with van der Waals surface area (Å²) in [5, 5.41) is 129. The highest BCUT2D eigenvalue weighted by Crippen LogP contribution is 2.38. The van der Waals surface area contributed by atoms with Gasteiger partial charge in [0.15, 0.2) is 18.4 Å². The molecule has 0 aromatic rings. The molecule has 23 atom stereocenters. The molecule has 4 aliphatic rings. The lowest BCUT2D eigenvalue weighted by Gasteiger charge is -2.45. The third-order valence-electron chi connectivity index (χ3n) is 14.1. The van der Waals surface area contributed by atoms with Crippen molar-refractivity contribution in [1.29, 1.82) is 0 Å². The Bertz CT molecular complexity index is 1940. The maximum Gasteiger partial charge on any atom is 0.308 e. The van der Waals surface area contributed by atoms with Crippen molar-refractivity contribution in [1.82, 2.24) is 5.48 Å². The van der Waals surface area contributed by atoms with E-state index in [1.807, 2.05) is 44.2 Å². The molecule has 2 bridgehead atoms. The van der Waals surface area contributed by atoms with Crippen LogP contribution in [-0.2, 0) is 38.0 Å². The molecule has 0 spiro atoms. The second-order valence-corrected chi connectivity index (χ2v) is 20.4. The topological polar surface area (TPSA) is 370 Å². The first-order valence-corrected chi connectivity index (χ1v) is 25.8. The van der Waals surface area contributed by atoms with Gasteiger partial charge in [-0.1, -0.05) is 98.9 Å². The summed E-state index contributed by atoms with van der Waals surface area (Å²) in [5.41, 5.74) is 7.55. The van der Waals surface area contributed by atoms with E-state index in [2.05, 4.69) is 0 Å². The Hall–Kier alpha value is -3.60. The van der Waals surface area contributed by atoms with Crippen LogP contribution >= 0.6 is 0 Å². The van der Waals surface area contributed by atoms with Crippen LogP contribution in [-0.4, -0.2) is 195 Å². The second kappa shape index (κ2) is 31.1. The first-order chi connectivity index (χ1) is 35.4. The van der Waals surface area contributed by atoms with E-state index in [-0.39, 0.29) is 38.0 Å². The Labute approximate surface area is 438 Å². The van der Waals surface area contributed by atoms with Crippen molar-refractivity contribution < 1.29 is 99.4 Å². The molecule has 0 saturated carbocycles. The number of esters is 1. The van der Waals surface area contributed by atoms with Gasteiger partial charge in [-0.3, -0.25) is 14.8 Å². The average molecular weight is 1070 g/mol. The van der Waals surface area contributed by atoms with E-state index >= 15 is 0 Å². The van der Waals surface area contributed by atoms with Gasteiger partial charge in [0.1, 0.15) is 18.3 Å². The Morgan fingerprint density at radius 1 is 0.627 bits per heavy atom. The third-order valence-corrected chi connectivity index (χ3v) is 14.1. The van der Waals surface area contributed by atoms with Gasteiger partial charge in [-0.15, -0.1) is 0 Å². The SMILES string of the molecule is C[C@@H]1[C@H](OC2C[C@@H](O)[C@@H](O)[C@H](C)O2)[C@@H](C)/C=C/C=C/C=C/C=C/C=C/C=C/C=C/[C@H](O[C@@H]2O[C@H](C)[C@@H](O)[C@H](N)[C@@H]2O)C[C@@H]2O[C@](O)(C[C@@H](O)C[C@@H](O)[C@H](O)CC[C@@H](O)C[C@@H](O)CC(=O)O[C@H]1C)C[C@H](O)[C@H]2C(=O)NO. The van der Waals surface area contributed by atoms with E-state index in [9.17, 15) is 71.0 Å². The lowest BCUT2D eigenvalue weighted by Crippen LogP contribution is -2.62. The molecule has 426 valence electrons. The number of hydrogen-bond acceptors (Lipinski definition) is 21. The smallest absolute Gasteiger partial charge is 0.308 e. The second-order valence-electron chi connectivity index (χ2n) is 20.4. The minimum absolute atomic E-state index is 0.0113. The summed E-state index contributed by atoms with van der Waals surface area (Å²) >= 11 is 0.